The fourth-order valence-electron chi connectivity index (χ4n) is 3.54. The van der Waals surface area contributed by atoms with E-state index in [1.54, 1.807) is 25.3 Å². The number of carbonyl (C=O) groups is 2. The standard InChI is InChI=1S/C21H20FNO4/c1-4-11-21(20(25)27-3)18-10-7-15(22)12-17(18)19(24)23(21)13-14-5-8-16(26-2)9-6-14/h4-10,12H,1,11,13H2,2-3H3/t21-/m0/s1. The molecule has 3 rings (SSSR count). The van der Waals surface area contributed by atoms with Crippen LogP contribution in [0.2, 0.25) is 0 Å². The van der Waals surface area contributed by atoms with Crippen molar-refractivity contribution in [2.75, 3.05) is 14.2 Å². The Morgan fingerprint density at radius 1 is 1.22 bits per heavy atom. The smallest absolute Gasteiger partial charge is 0.336 e. The van der Waals surface area contributed by atoms with Crippen molar-refractivity contribution in [3.8, 4) is 5.75 Å². The predicted molar refractivity (Wildman–Crippen MR) is 97.8 cm³/mol. The number of carbonyl (C=O) groups excluding carboxylic acids is 2. The number of benzene rings is 2. The minimum atomic E-state index is -1.38. The van der Waals surface area contributed by atoms with Crippen LogP contribution in [0.3, 0.4) is 0 Å². The Balaban J connectivity index is 2.12. The molecule has 140 valence electrons. The molecular formula is C21H20FNO4. The van der Waals surface area contributed by atoms with Gasteiger partial charge in [-0.2, -0.15) is 0 Å². The molecule has 0 bridgehead atoms. The summed E-state index contributed by atoms with van der Waals surface area (Å²) in [6, 6.07) is 11.0. The summed E-state index contributed by atoms with van der Waals surface area (Å²) in [5.74, 6) is -0.866. The van der Waals surface area contributed by atoms with Crippen molar-refractivity contribution in [1.29, 1.82) is 0 Å². The van der Waals surface area contributed by atoms with Gasteiger partial charge < -0.3 is 14.4 Å². The minimum Gasteiger partial charge on any atom is -0.497 e. The van der Waals surface area contributed by atoms with Crippen LogP contribution in [0.25, 0.3) is 0 Å². The quantitative estimate of drug-likeness (QED) is 0.578. The zero-order chi connectivity index (χ0) is 19.6. The third-order valence-electron chi connectivity index (χ3n) is 4.83. The highest BCUT2D eigenvalue weighted by molar-refractivity contribution is 6.06. The summed E-state index contributed by atoms with van der Waals surface area (Å²) >= 11 is 0. The first-order valence-corrected chi connectivity index (χ1v) is 8.42. The molecule has 1 aliphatic rings. The van der Waals surface area contributed by atoms with E-state index in [0.717, 1.165) is 11.6 Å². The van der Waals surface area contributed by atoms with Gasteiger partial charge in [0, 0.05) is 24.1 Å². The van der Waals surface area contributed by atoms with Crippen LogP contribution in [0.4, 0.5) is 4.39 Å². The maximum Gasteiger partial charge on any atom is 0.336 e. The van der Waals surface area contributed by atoms with E-state index in [4.69, 9.17) is 9.47 Å². The van der Waals surface area contributed by atoms with Crippen LogP contribution < -0.4 is 4.74 Å². The molecular weight excluding hydrogens is 349 g/mol. The normalized spacial score (nSPS) is 18.2. The molecule has 0 unspecified atom stereocenters. The van der Waals surface area contributed by atoms with Crippen molar-refractivity contribution in [3.05, 3.63) is 77.6 Å². The lowest BCUT2D eigenvalue weighted by Gasteiger charge is -2.36. The van der Waals surface area contributed by atoms with E-state index in [9.17, 15) is 14.0 Å². The molecule has 1 amide bonds. The number of amides is 1. The van der Waals surface area contributed by atoms with Gasteiger partial charge in [-0.25, -0.2) is 9.18 Å². The van der Waals surface area contributed by atoms with Crippen LogP contribution in [-0.4, -0.2) is 31.0 Å². The number of methoxy groups -OCH3 is 2. The molecule has 1 atom stereocenters. The molecule has 2 aromatic carbocycles. The van der Waals surface area contributed by atoms with Gasteiger partial charge in [-0.15, -0.1) is 6.58 Å². The second kappa shape index (κ2) is 7.23. The van der Waals surface area contributed by atoms with Crippen molar-refractivity contribution in [1.82, 2.24) is 4.90 Å². The molecule has 0 N–H and O–H groups in total. The van der Waals surface area contributed by atoms with Gasteiger partial charge in [0.05, 0.1) is 14.2 Å². The third-order valence-corrected chi connectivity index (χ3v) is 4.83. The molecule has 0 aliphatic carbocycles. The number of nitrogens with zero attached hydrogens (tertiary/aromatic N) is 1. The molecule has 0 fully saturated rings. The Hall–Kier alpha value is -3.15. The average Bonchev–Trinajstić information content (AvgIpc) is 2.91. The van der Waals surface area contributed by atoms with Crippen molar-refractivity contribution < 1.29 is 23.5 Å². The Kier molecular flexibility index (Phi) is 4.99. The molecule has 27 heavy (non-hydrogen) atoms. The van der Waals surface area contributed by atoms with E-state index < -0.39 is 23.2 Å². The highest BCUT2D eigenvalue weighted by atomic mass is 19.1. The average molecular weight is 369 g/mol. The number of ether oxygens (including phenoxy) is 2. The number of fused-ring (bicyclic) bond motifs is 1. The predicted octanol–water partition coefficient (Wildman–Crippen LogP) is 3.43. The van der Waals surface area contributed by atoms with E-state index in [0.29, 0.717) is 11.3 Å². The Morgan fingerprint density at radius 2 is 1.93 bits per heavy atom. The lowest BCUT2D eigenvalue weighted by molar-refractivity contribution is -0.154. The summed E-state index contributed by atoms with van der Waals surface area (Å²) in [5.41, 5.74) is 0.0102. The third kappa shape index (κ3) is 2.97. The van der Waals surface area contributed by atoms with Crippen LogP contribution in [-0.2, 0) is 21.6 Å². The van der Waals surface area contributed by atoms with Gasteiger partial charge in [0.25, 0.3) is 5.91 Å². The summed E-state index contributed by atoms with van der Waals surface area (Å²) in [7, 11) is 2.83. The van der Waals surface area contributed by atoms with Gasteiger partial charge in [-0.05, 0) is 29.8 Å². The summed E-state index contributed by atoms with van der Waals surface area (Å²) in [6.45, 7) is 3.88. The van der Waals surface area contributed by atoms with Crippen molar-refractivity contribution in [2.24, 2.45) is 0 Å². The Bertz CT molecular complexity index is 894. The Labute approximate surface area is 157 Å². The largest absolute Gasteiger partial charge is 0.497 e. The van der Waals surface area contributed by atoms with Crippen LogP contribution in [0.1, 0.15) is 27.9 Å². The van der Waals surface area contributed by atoms with Gasteiger partial charge >= 0.3 is 5.97 Å². The topological polar surface area (TPSA) is 55.8 Å². The SMILES string of the molecule is C=CC[C@@]1(C(=O)OC)c2ccc(F)cc2C(=O)N1Cc1ccc(OC)cc1. The molecule has 0 saturated carbocycles. The first-order valence-electron chi connectivity index (χ1n) is 8.42. The molecule has 0 radical (unpaired) electrons. The van der Waals surface area contributed by atoms with Gasteiger partial charge in [0.2, 0.25) is 0 Å². The molecule has 1 aliphatic heterocycles. The number of halogens is 1. The van der Waals surface area contributed by atoms with Crippen LogP contribution >= 0.6 is 0 Å². The van der Waals surface area contributed by atoms with Crippen LogP contribution in [0, 0.1) is 5.82 Å². The Morgan fingerprint density at radius 3 is 2.52 bits per heavy atom. The number of hydrogen-bond donors (Lipinski definition) is 0. The fraction of sp³-hybridized carbons (Fsp3) is 0.238. The van der Waals surface area contributed by atoms with E-state index in [1.807, 2.05) is 12.1 Å². The first-order chi connectivity index (χ1) is 13.0. The van der Waals surface area contributed by atoms with Gasteiger partial charge in [-0.3, -0.25) is 4.79 Å². The van der Waals surface area contributed by atoms with Gasteiger partial charge in [-0.1, -0.05) is 24.3 Å². The number of esters is 1. The maximum atomic E-state index is 13.8. The molecule has 6 heteroatoms. The summed E-state index contributed by atoms with van der Waals surface area (Å²) in [6.07, 6.45) is 1.71. The zero-order valence-corrected chi connectivity index (χ0v) is 15.2. The second-order valence-electron chi connectivity index (χ2n) is 6.27. The summed E-state index contributed by atoms with van der Waals surface area (Å²) in [5, 5.41) is 0. The van der Waals surface area contributed by atoms with Crippen LogP contribution in [0.15, 0.2) is 55.1 Å². The molecule has 0 spiro atoms. The maximum absolute atomic E-state index is 13.8. The number of hydrogen-bond acceptors (Lipinski definition) is 4. The lowest BCUT2D eigenvalue weighted by atomic mass is 9.86. The molecule has 0 aromatic heterocycles. The van der Waals surface area contributed by atoms with Gasteiger partial charge in [0.1, 0.15) is 11.6 Å². The van der Waals surface area contributed by atoms with Crippen molar-refractivity contribution in [3.63, 3.8) is 0 Å². The van der Waals surface area contributed by atoms with E-state index in [1.165, 1.54) is 24.1 Å². The van der Waals surface area contributed by atoms with E-state index in [-0.39, 0.29) is 18.5 Å². The molecule has 5 nitrogen and oxygen atoms in total. The molecule has 2 aromatic rings. The van der Waals surface area contributed by atoms with Crippen LogP contribution in [0.5, 0.6) is 5.75 Å². The molecule has 1 heterocycles. The summed E-state index contributed by atoms with van der Waals surface area (Å²) < 4.78 is 24.0. The van der Waals surface area contributed by atoms with Gasteiger partial charge in [0.15, 0.2) is 5.54 Å². The van der Waals surface area contributed by atoms with E-state index in [2.05, 4.69) is 6.58 Å². The first kappa shape index (κ1) is 18.6. The fourth-order valence-corrected chi connectivity index (χ4v) is 3.54. The monoisotopic (exact) mass is 369 g/mol. The van der Waals surface area contributed by atoms with Crippen molar-refractivity contribution >= 4 is 11.9 Å². The highest BCUT2D eigenvalue weighted by Gasteiger charge is 2.55. The number of rotatable bonds is 6. The zero-order valence-electron chi connectivity index (χ0n) is 15.2. The molecule has 0 saturated heterocycles. The minimum absolute atomic E-state index is 0.153. The van der Waals surface area contributed by atoms with E-state index >= 15 is 0 Å². The second-order valence-corrected chi connectivity index (χ2v) is 6.27. The highest BCUT2D eigenvalue weighted by Crippen LogP contribution is 2.44. The van der Waals surface area contributed by atoms with Crippen molar-refractivity contribution in [2.45, 2.75) is 18.5 Å². The lowest BCUT2D eigenvalue weighted by Crippen LogP contribution is -2.49. The summed E-state index contributed by atoms with van der Waals surface area (Å²) in [4.78, 5) is 27.3.